The van der Waals surface area contributed by atoms with E-state index in [1.54, 1.807) is 36.0 Å². The molecule has 3 rings (SSSR count). The van der Waals surface area contributed by atoms with E-state index in [1.807, 2.05) is 30.3 Å². The van der Waals surface area contributed by atoms with Gasteiger partial charge in [0.05, 0.1) is 22.3 Å². The molecule has 0 N–H and O–H groups in total. The number of nitrogens with zero attached hydrogens (tertiary/aromatic N) is 2. The van der Waals surface area contributed by atoms with Gasteiger partial charge in [0.25, 0.3) is 0 Å². The number of hydrogen-bond donors (Lipinski definition) is 0. The van der Waals surface area contributed by atoms with E-state index in [0.29, 0.717) is 21.3 Å². The van der Waals surface area contributed by atoms with Crippen LogP contribution in [0.5, 0.6) is 0 Å². The predicted octanol–water partition coefficient (Wildman–Crippen LogP) is 5.02. The van der Waals surface area contributed by atoms with Crippen molar-refractivity contribution < 1.29 is 9.53 Å². The van der Waals surface area contributed by atoms with Crippen LogP contribution in [0.3, 0.4) is 0 Å². The Labute approximate surface area is 149 Å². The molecule has 0 aliphatic carbocycles. The molecule has 6 heteroatoms. The Hall–Kier alpha value is -2.30. The first-order valence-electron chi connectivity index (χ1n) is 7.37. The second kappa shape index (κ2) is 7.07. The second-order valence-electron chi connectivity index (χ2n) is 5.02. The minimum absolute atomic E-state index is 0.258. The maximum absolute atomic E-state index is 12.3. The van der Waals surface area contributed by atoms with Crippen molar-refractivity contribution in [2.75, 3.05) is 6.61 Å². The average molecular weight is 361 g/mol. The molecule has 0 atom stereocenters. The highest BCUT2D eigenvalue weighted by molar-refractivity contribution is 6.42. The first kappa shape index (κ1) is 16.6. The van der Waals surface area contributed by atoms with Gasteiger partial charge in [-0.2, -0.15) is 5.10 Å². The lowest BCUT2D eigenvalue weighted by Gasteiger charge is -2.03. The molecule has 0 radical (unpaired) electrons. The third-order valence-corrected chi connectivity index (χ3v) is 4.17. The molecule has 0 unspecified atom stereocenters. The Balaban J connectivity index is 2.12. The molecular weight excluding hydrogens is 347 g/mol. The summed E-state index contributed by atoms with van der Waals surface area (Å²) in [5, 5.41) is 5.27. The van der Waals surface area contributed by atoms with E-state index >= 15 is 0 Å². The lowest BCUT2D eigenvalue weighted by atomic mass is 10.1. The summed E-state index contributed by atoms with van der Waals surface area (Å²) in [6.45, 7) is 2.04. The largest absolute Gasteiger partial charge is 0.461 e. The van der Waals surface area contributed by atoms with Gasteiger partial charge >= 0.3 is 5.97 Å². The number of carbonyl (C=O) groups excluding carboxylic acids is 1. The van der Waals surface area contributed by atoms with Gasteiger partial charge in [0, 0.05) is 11.8 Å². The summed E-state index contributed by atoms with van der Waals surface area (Å²) in [5.74, 6) is -0.463. The van der Waals surface area contributed by atoms with Crippen LogP contribution >= 0.6 is 23.2 Å². The molecule has 0 spiro atoms. The van der Waals surface area contributed by atoms with E-state index in [-0.39, 0.29) is 12.3 Å². The molecule has 0 saturated heterocycles. The summed E-state index contributed by atoms with van der Waals surface area (Å²) in [4.78, 5) is 12.3. The third kappa shape index (κ3) is 3.30. The minimum Gasteiger partial charge on any atom is -0.461 e. The van der Waals surface area contributed by atoms with Crippen molar-refractivity contribution in [3.63, 3.8) is 0 Å². The maximum Gasteiger partial charge on any atom is 0.359 e. The van der Waals surface area contributed by atoms with Crippen molar-refractivity contribution in [2.45, 2.75) is 6.92 Å². The van der Waals surface area contributed by atoms with Crippen molar-refractivity contribution in [1.29, 1.82) is 0 Å². The third-order valence-electron chi connectivity index (χ3n) is 3.44. The quantitative estimate of drug-likeness (QED) is 0.613. The van der Waals surface area contributed by atoms with E-state index in [2.05, 4.69) is 5.10 Å². The Kier molecular flexibility index (Phi) is 4.88. The summed E-state index contributed by atoms with van der Waals surface area (Å²) in [5.41, 5.74) is 2.54. The summed E-state index contributed by atoms with van der Waals surface area (Å²) in [6.07, 6.45) is 1.78. The zero-order valence-corrected chi connectivity index (χ0v) is 14.4. The van der Waals surface area contributed by atoms with Crippen molar-refractivity contribution in [2.24, 2.45) is 0 Å². The molecule has 0 saturated carbocycles. The van der Waals surface area contributed by atoms with Crippen LogP contribution in [0.15, 0.2) is 54.7 Å². The number of esters is 1. The molecule has 0 fully saturated rings. The van der Waals surface area contributed by atoms with Gasteiger partial charge in [0.2, 0.25) is 0 Å². The van der Waals surface area contributed by atoms with Gasteiger partial charge in [-0.3, -0.25) is 0 Å². The number of aromatic nitrogens is 2. The molecule has 1 heterocycles. The maximum atomic E-state index is 12.3. The summed E-state index contributed by atoms with van der Waals surface area (Å²) in [6, 6.07) is 14.7. The fourth-order valence-electron chi connectivity index (χ4n) is 2.31. The van der Waals surface area contributed by atoms with Gasteiger partial charge in [-0.25, -0.2) is 9.48 Å². The van der Waals surface area contributed by atoms with Crippen molar-refractivity contribution >= 4 is 29.2 Å². The molecule has 0 aliphatic rings. The molecule has 4 nitrogen and oxygen atoms in total. The summed E-state index contributed by atoms with van der Waals surface area (Å²) >= 11 is 12.0. The molecule has 3 aromatic rings. The van der Waals surface area contributed by atoms with E-state index in [4.69, 9.17) is 27.9 Å². The van der Waals surface area contributed by atoms with E-state index in [1.165, 1.54) is 0 Å². The van der Waals surface area contributed by atoms with Gasteiger partial charge < -0.3 is 4.74 Å². The topological polar surface area (TPSA) is 44.1 Å². The van der Waals surface area contributed by atoms with Gasteiger partial charge in [-0.05, 0) is 30.7 Å². The number of carbonyl (C=O) groups is 1. The van der Waals surface area contributed by atoms with Crippen LogP contribution in [0.4, 0.5) is 0 Å². The number of rotatable bonds is 4. The first-order valence-corrected chi connectivity index (χ1v) is 8.13. The standard InChI is InChI=1S/C18H14Cl2N2O2/c1-2-24-18(23)17-14(12-6-4-3-5-7-12)11-22(21-17)13-8-9-15(19)16(20)10-13/h3-11H,2H2,1H3. The van der Waals surface area contributed by atoms with Crippen LogP contribution in [0, 0.1) is 0 Å². The molecule has 0 amide bonds. The van der Waals surface area contributed by atoms with E-state index in [9.17, 15) is 4.79 Å². The lowest BCUT2D eigenvalue weighted by Crippen LogP contribution is -2.07. The normalized spacial score (nSPS) is 10.6. The smallest absolute Gasteiger partial charge is 0.359 e. The van der Waals surface area contributed by atoms with Gasteiger partial charge in [0.15, 0.2) is 5.69 Å². The van der Waals surface area contributed by atoms with Crippen molar-refractivity contribution in [1.82, 2.24) is 9.78 Å². The van der Waals surface area contributed by atoms with Crippen LogP contribution in [0.1, 0.15) is 17.4 Å². The van der Waals surface area contributed by atoms with Crippen LogP contribution in [-0.4, -0.2) is 22.4 Å². The van der Waals surface area contributed by atoms with Crippen LogP contribution in [0.25, 0.3) is 16.8 Å². The van der Waals surface area contributed by atoms with Crippen LogP contribution in [-0.2, 0) is 4.74 Å². The van der Waals surface area contributed by atoms with Crippen molar-refractivity contribution in [3.05, 3.63) is 70.5 Å². The Bertz CT molecular complexity index is 876. The van der Waals surface area contributed by atoms with Crippen LogP contribution < -0.4 is 0 Å². The number of halogens is 2. The van der Waals surface area contributed by atoms with Crippen LogP contribution in [0.2, 0.25) is 10.0 Å². The number of benzene rings is 2. The molecule has 24 heavy (non-hydrogen) atoms. The van der Waals surface area contributed by atoms with Crippen molar-refractivity contribution in [3.8, 4) is 16.8 Å². The number of hydrogen-bond acceptors (Lipinski definition) is 3. The zero-order chi connectivity index (χ0) is 17.1. The molecule has 1 aromatic heterocycles. The molecular formula is C18H14Cl2N2O2. The molecule has 0 bridgehead atoms. The predicted molar refractivity (Wildman–Crippen MR) is 95.0 cm³/mol. The number of ether oxygens (including phenoxy) is 1. The van der Waals surface area contributed by atoms with E-state index < -0.39 is 5.97 Å². The summed E-state index contributed by atoms with van der Waals surface area (Å²) in [7, 11) is 0. The van der Waals surface area contributed by atoms with Gasteiger partial charge in [0.1, 0.15) is 0 Å². The Morgan fingerprint density at radius 1 is 1.12 bits per heavy atom. The highest BCUT2D eigenvalue weighted by Crippen LogP contribution is 2.28. The highest BCUT2D eigenvalue weighted by Gasteiger charge is 2.20. The molecule has 2 aromatic carbocycles. The SMILES string of the molecule is CCOC(=O)c1nn(-c2ccc(Cl)c(Cl)c2)cc1-c1ccccc1. The zero-order valence-electron chi connectivity index (χ0n) is 12.9. The lowest BCUT2D eigenvalue weighted by molar-refractivity contribution is 0.0520. The second-order valence-corrected chi connectivity index (χ2v) is 5.84. The summed E-state index contributed by atoms with van der Waals surface area (Å²) < 4.78 is 6.71. The first-order chi connectivity index (χ1) is 11.6. The highest BCUT2D eigenvalue weighted by atomic mass is 35.5. The minimum atomic E-state index is -0.463. The average Bonchev–Trinajstić information content (AvgIpc) is 3.04. The fraction of sp³-hybridized carbons (Fsp3) is 0.111. The Morgan fingerprint density at radius 2 is 1.88 bits per heavy atom. The van der Waals surface area contributed by atoms with Gasteiger partial charge in [-0.15, -0.1) is 0 Å². The monoisotopic (exact) mass is 360 g/mol. The molecule has 0 aliphatic heterocycles. The van der Waals surface area contributed by atoms with Gasteiger partial charge in [-0.1, -0.05) is 53.5 Å². The fourth-order valence-corrected chi connectivity index (χ4v) is 2.61. The molecule has 122 valence electrons. The Morgan fingerprint density at radius 3 is 2.54 bits per heavy atom. The van der Waals surface area contributed by atoms with E-state index in [0.717, 1.165) is 5.56 Å².